The van der Waals surface area contributed by atoms with Gasteiger partial charge in [-0.15, -0.1) is 0 Å². The number of nitrogens with zero attached hydrogens (tertiary/aromatic N) is 2. The van der Waals surface area contributed by atoms with Crippen molar-refractivity contribution in [2.45, 2.75) is 20.4 Å². The van der Waals surface area contributed by atoms with Crippen molar-refractivity contribution in [2.75, 3.05) is 33.7 Å². The van der Waals surface area contributed by atoms with Gasteiger partial charge >= 0.3 is 0 Å². The average molecular weight is 291 g/mol. The summed E-state index contributed by atoms with van der Waals surface area (Å²) in [6.07, 6.45) is 0. The zero-order valence-corrected chi connectivity index (χ0v) is 13.3. The van der Waals surface area contributed by atoms with Crippen LogP contribution in [-0.2, 0) is 11.3 Å². The molecule has 0 aliphatic rings. The molecule has 1 aromatic carbocycles. The lowest BCUT2D eigenvalue weighted by Crippen LogP contribution is -2.38. The fourth-order valence-corrected chi connectivity index (χ4v) is 2.18. The van der Waals surface area contributed by atoms with Gasteiger partial charge in [0, 0.05) is 32.2 Å². The molecule has 0 fully saturated rings. The minimum Gasteiger partial charge on any atom is -0.355 e. The van der Waals surface area contributed by atoms with Crippen LogP contribution in [0.5, 0.6) is 0 Å². The van der Waals surface area contributed by atoms with E-state index in [4.69, 9.17) is 0 Å². The first-order valence-corrected chi connectivity index (χ1v) is 7.29. The highest BCUT2D eigenvalue weighted by molar-refractivity contribution is 5.93. The van der Waals surface area contributed by atoms with Crippen molar-refractivity contribution in [3.05, 3.63) is 35.4 Å². The van der Waals surface area contributed by atoms with Crippen molar-refractivity contribution in [3.63, 3.8) is 0 Å². The van der Waals surface area contributed by atoms with E-state index in [9.17, 15) is 9.59 Å². The summed E-state index contributed by atoms with van der Waals surface area (Å²) in [7, 11) is 3.54. The first kappa shape index (κ1) is 17.2. The molecule has 5 heteroatoms. The van der Waals surface area contributed by atoms with Crippen molar-refractivity contribution in [1.82, 2.24) is 15.1 Å². The van der Waals surface area contributed by atoms with Crippen LogP contribution < -0.4 is 5.32 Å². The van der Waals surface area contributed by atoms with Crippen molar-refractivity contribution < 1.29 is 9.59 Å². The number of carbonyl (C=O) groups excluding carboxylic acids is 2. The first-order valence-electron chi connectivity index (χ1n) is 7.29. The van der Waals surface area contributed by atoms with E-state index in [-0.39, 0.29) is 11.8 Å². The van der Waals surface area contributed by atoms with E-state index in [0.29, 0.717) is 18.7 Å². The van der Waals surface area contributed by atoms with Gasteiger partial charge < -0.3 is 10.2 Å². The van der Waals surface area contributed by atoms with Crippen LogP contribution in [0.25, 0.3) is 0 Å². The summed E-state index contributed by atoms with van der Waals surface area (Å²) in [6, 6.07) is 7.44. The van der Waals surface area contributed by atoms with Gasteiger partial charge in [-0.2, -0.15) is 0 Å². The molecule has 0 unspecified atom stereocenters. The average Bonchev–Trinajstić information content (AvgIpc) is 2.48. The predicted octanol–water partition coefficient (Wildman–Crippen LogP) is 1.35. The number of carbonyl (C=O) groups is 2. The Bertz CT molecular complexity index is 467. The summed E-state index contributed by atoms with van der Waals surface area (Å²) < 4.78 is 0. The second kappa shape index (κ2) is 8.42. The monoisotopic (exact) mass is 291 g/mol. The molecule has 0 aliphatic heterocycles. The molecule has 1 aromatic rings. The quantitative estimate of drug-likeness (QED) is 0.825. The summed E-state index contributed by atoms with van der Waals surface area (Å²) >= 11 is 0. The molecule has 116 valence electrons. The van der Waals surface area contributed by atoms with Gasteiger partial charge in [0.25, 0.3) is 5.91 Å². The molecular weight excluding hydrogens is 266 g/mol. The lowest BCUT2D eigenvalue weighted by molar-refractivity contribution is -0.131. The highest BCUT2D eigenvalue weighted by Crippen LogP contribution is 2.07. The zero-order valence-electron chi connectivity index (χ0n) is 13.3. The SMILES string of the molecule is CCN(CC)C(=O)CN(C)Cc1ccc(C(=O)NC)cc1. The van der Waals surface area contributed by atoms with E-state index in [1.54, 1.807) is 19.2 Å². The van der Waals surface area contributed by atoms with Crippen LogP contribution in [0.3, 0.4) is 0 Å². The second-order valence-corrected chi connectivity index (χ2v) is 5.01. The van der Waals surface area contributed by atoms with Crippen LogP contribution in [0.4, 0.5) is 0 Å². The van der Waals surface area contributed by atoms with E-state index in [2.05, 4.69) is 5.32 Å². The molecule has 21 heavy (non-hydrogen) atoms. The number of benzene rings is 1. The number of amides is 2. The summed E-state index contributed by atoms with van der Waals surface area (Å²) in [6.45, 7) is 6.53. The molecule has 1 N–H and O–H groups in total. The third-order valence-electron chi connectivity index (χ3n) is 3.42. The maximum absolute atomic E-state index is 12.0. The van der Waals surface area contributed by atoms with Crippen LogP contribution in [0.1, 0.15) is 29.8 Å². The fourth-order valence-electron chi connectivity index (χ4n) is 2.18. The molecule has 2 amide bonds. The molecule has 5 nitrogen and oxygen atoms in total. The number of rotatable bonds is 7. The summed E-state index contributed by atoms with van der Waals surface area (Å²) in [5.41, 5.74) is 1.72. The highest BCUT2D eigenvalue weighted by atomic mass is 16.2. The van der Waals surface area contributed by atoms with Crippen LogP contribution in [-0.4, -0.2) is 55.3 Å². The summed E-state index contributed by atoms with van der Waals surface area (Å²) in [5, 5.41) is 2.59. The Hall–Kier alpha value is -1.88. The van der Waals surface area contributed by atoms with Crippen LogP contribution >= 0.6 is 0 Å². The lowest BCUT2D eigenvalue weighted by Gasteiger charge is -2.23. The zero-order chi connectivity index (χ0) is 15.8. The molecule has 0 bridgehead atoms. The largest absolute Gasteiger partial charge is 0.355 e. The van der Waals surface area contributed by atoms with Gasteiger partial charge in [0.05, 0.1) is 6.54 Å². The molecule has 1 rings (SSSR count). The first-order chi connectivity index (χ1) is 10.0. The highest BCUT2D eigenvalue weighted by Gasteiger charge is 2.12. The number of likely N-dealkylation sites (N-methyl/N-ethyl adjacent to an activating group) is 2. The Kier molecular flexibility index (Phi) is 6.88. The van der Waals surface area contributed by atoms with Crippen molar-refractivity contribution in [3.8, 4) is 0 Å². The number of hydrogen-bond donors (Lipinski definition) is 1. The molecule has 0 radical (unpaired) electrons. The Morgan fingerprint density at radius 1 is 1.10 bits per heavy atom. The molecule has 0 aromatic heterocycles. The third-order valence-corrected chi connectivity index (χ3v) is 3.42. The van der Waals surface area contributed by atoms with Gasteiger partial charge in [0.2, 0.25) is 5.91 Å². The number of hydrogen-bond acceptors (Lipinski definition) is 3. The minimum absolute atomic E-state index is 0.0911. The van der Waals surface area contributed by atoms with Gasteiger partial charge in [-0.25, -0.2) is 0 Å². The van der Waals surface area contributed by atoms with Crippen molar-refractivity contribution in [2.24, 2.45) is 0 Å². The molecule has 0 saturated heterocycles. The third kappa shape index (κ3) is 5.19. The van der Waals surface area contributed by atoms with Crippen LogP contribution in [0.15, 0.2) is 24.3 Å². The van der Waals surface area contributed by atoms with Gasteiger partial charge in [0.1, 0.15) is 0 Å². The predicted molar refractivity (Wildman–Crippen MR) is 84.1 cm³/mol. The van der Waals surface area contributed by atoms with Gasteiger partial charge in [-0.1, -0.05) is 12.1 Å². The summed E-state index contributed by atoms with van der Waals surface area (Å²) in [4.78, 5) is 27.3. The topological polar surface area (TPSA) is 52.7 Å². The Labute approximate surface area is 126 Å². The van der Waals surface area contributed by atoms with Gasteiger partial charge in [-0.3, -0.25) is 14.5 Å². The van der Waals surface area contributed by atoms with Crippen molar-refractivity contribution >= 4 is 11.8 Å². The Balaban J connectivity index is 2.56. The maximum Gasteiger partial charge on any atom is 0.251 e. The second-order valence-electron chi connectivity index (χ2n) is 5.01. The van der Waals surface area contributed by atoms with Gasteiger partial charge in [-0.05, 0) is 38.6 Å². The smallest absolute Gasteiger partial charge is 0.251 e. The molecule has 0 aliphatic carbocycles. The molecule has 0 saturated carbocycles. The molecule has 0 heterocycles. The van der Waals surface area contributed by atoms with E-state index < -0.39 is 0 Å². The van der Waals surface area contributed by atoms with E-state index >= 15 is 0 Å². The lowest BCUT2D eigenvalue weighted by atomic mass is 10.1. The maximum atomic E-state index is 12.0. The standard InChI is InChI=1S/C16H25N3O2/c1-5-19(6-2)15(20)12-18(4)11-13-7-9-14(10-8-13)16(21)17-3/h7-10H,5-6,11-12H2,1-4H3,(H,17,21). The minimum atomic E-state index is -0.0911. The van der Waals surface area contributed by atoms with Crippen LogP contribution in [0, 0.1) is 0 Å². The molecule has 0 spiro atoms. The summed E-state index contributed by atoms with van der Waals surface area (Å²) in [5.74, 6) is 0.0519. The fraction of sp³-hybridized carbons (Fsp3) is 0.500. The Morgan fingerprint density at radius 2 is 1.67 bits per heavy atom. The molecule has 0 atom stereocenters. The van der Waals surface area contributed by atoms with Gasteiger partial charge in [0.15, 0.2) is 0 Å². The van der Waals surface area contributed by atoms with E-state index in [1.807, 2.05) is 42.8 Å². The number of nitrogens with one attached hydrogen (secondary N) is 1. The molecular formula is C16H25N3O2. The van der Waals surface area contributed by atoms with Crippen molar-refractivity contribution in [1.29, 1.82) is 0 Å². The Morgan fingerprint density at radius 3 is 2.14 bits per heavy atom. The van der Waals surface area contributed by atoms with E-state index in [1.165, 1.54) is 0 Å². The normalized spacial score (nSPS) is 10.5. The van der Waals surface area contributed by atoms with E-state index in [0.717, 1.165) is 18.7 Å². The van der Waals surface area contributed by atoms with Crippen LogP contribution in [0.2, 0.25) is 0 Å².